The molecule has 0 aromatic heterocycles. The van der Waals surface area contributed by atoms with Crippen LogP contribution < -0.4 is 10.5 Å². The van der Waals surface area contributed by atoms with E-state index in [4.69, 9.17) is 10.5 Å². The predicted molar refractivity (Wildman–Crippen MR) is 62.8 cm³/mol. The van der Waals surface area contributed by atoms with Crippen molar-refractivity contribution in [3.05, 3.63) is 29.3 Å². The summed E-state index contributed by atoms with van der Waals surface area (Å²) in [5.41, 5.74) is 6.90. The van der Waals surface area contributed by atoms with Crippen LogP contribution in [0.1, 0.15) is 29.8 Å². The molecule has 3 heteroatoms. The molecule has 0 unspecified atom stereocenters. The van der Waals surface area contributed by atoms with Gasteiger partial charge in [0.05, 0.1) is 12.2 Å². The number of para-hydroxylation sites is 1. The molecule has 0 radical (unpaired) electrons. The van der Waals surface area contributed by atoms with Crippen LogP contribution in [-0.2, 0) is 6.42 Å². The molecule has 1 aliphatic rings. The Morgan fingerprint density at radius 2 is 2.25 bits per heavy atom. The zero-order valence-corrected chi connectivity index (χ0v) is 9.75. The third kappa shape index (κ3) is 1.71. The Morgan fingerprint density at radius 1 is 1.50 bits per heavy atom. The van der Waals surface area contributed by atoms with Gasteiger partial charge in [0.25, 0.3) is 0 Å². The SMILES string of the molecule is CC(C)(CN)C(=O)c1cccc2c1OCC2. The van der Waals surface area contributed by atoms with Gasteiger partial charge in [0.1, 0.15) is 5.75 Å². The first kappa shape index (κ1) is 11.1. The second-order valence-corrected chi connectivity index (χ2v) is 4.81. The lowest BCUT2D eigenvalue weighted by atomic mass is 9.83. The van der Waals surface area contributed by atoms with E-state index in [1.165, 1.54) is 0 Å². The van der Waals surface area contributed by atoms with Gasteiger partial charge in [0, 0.05) is 18.4 Å². The molecule has 0 amide bonds. The van der Waals surface area contributed by atoms with Gasteiger partial charge in [-0.05, 0) is 11.6 Å². The van der Waals surface area contributed by atoms with Gasteiger partial charge in [-0.1, -0.05) is 26.0 Å². The Bertz CT molecular complexity index is 424. The van der Waals surface area contributed by atoms with Crippen LogP contribution in [-0.4, -0.2) is 18.9 Å². The first-order valence-electron chi connectivity index (χ1n) is 5.56. The molecule has 0 fully saturated rings. The number of nitrogens with two attached hydrogens (primary N) is 1. The predicted octanol–water partition coefficient (Wildman–Crippen LogP) is 1.79. The fraction of sp³-hybridized carbons (Fsp3) is 0.462. The Kier molecular flexibility index (Phi) is 2.72. The fourth-order valence-electron chi connectivity index (χ4n) is 1.85. The van der Waals surface area contributed by atoms with E-state index in [0.717, 1.165) is 17.7 Å². The summed E-state index contributed by atoms with van der Waals surface area (Å²) in [6.45, 7) is 4.74. The van der Waals surface area contributed by atoms with Crippen molar-refractivity contribution < 1.29 is 9.53 Å². The monoisotopic (exact) mass is 219 g/mol. The Labute approximate surface area is 95.6 Å². The standard InChI is InChI=1S/C13H17NO2/c1-13(2,8-14)12(15)10-5-3-4-9-6-7-16-11(9)10/h3-5H,6-8,14H2,1-2H3. The summed E-state index contributed by atoms with van der Waals surface area (Å²) in [7, 11) is 0. The lowest BCUT2D eigenvalue weighted by Crippen LogP contribution is -2.32. The van der Waals surface area contributed by atoms with E-state index in [2.05, 4.69) is 0 Å². The summed E-state index contributed by atoms with van der Waals surface area (Å²) in [5, 5.41) is 0. The molecule has 2 N–H and O–H groups in total. The van der Waals surface area contributed by atoms with Crippen LogP contribution in [0.3, 0.4) is 0 Å². The van der Waals surface area contributed by atoms with Crippen LogP contribution in [0.15, 0.2) is 18.2 Å². The third-order valence-corrected chi connectivity index (χ3v) is 3.08. The van der Waals surface area contributed by atoms with E-state index >= 15 is 0 Å². The highest BCUT2D eigenvalue weighted by Gasteiger charge is 2.31. The highest BCUT2D eigenvalue weighted by atomic mass is 16.5. The molecule has 1 aromatic rings. The highest BCUT2D eigenvalue weighted by Crippen LogP contribution is 2.33. The number of carbonyl (C=O) groups is 1. The van der Waals surface area contributed by atoms with Crippen LogP contribution in [0, 0.1) is 5.41 Å². The minimum Gasteiger partial charge on any atom is -0.492 e. The summed E-state index contributed by atoms with van der Waals surface area (Å²) in [6, 6.07) is 5.74. The fourth-order valence-corrected chi connectivity index (χ4v) is 1.85. The van der Waals surface area contributed by atoms with Gasteiger partial charge in [-0.15, -0.1) is 0 Å². The molecule has 86 valence electrons. The Balaban J connectivity index is 2.42. The second kappa shape index (κ2) is 3.91. The minimum atomic E-state index is -0.527. The summed E-state index contributed by atoms with van der Waals surface area (Å²) in [6.07, 6.45) is 0.888. The first-order valence-corrected chi connectivity index (χ1v) is 5.56. The van der Waals surface area contributed by atoms with Crippen molar-refractivity contribution in [3.8, 4) is 5.75 Å². The lowest BCUT2D eigenvalue weighted by molar-refractivity contribution is 0.0844. The van der Waals surface area contributed by atoms with Crippen LogP contribution in [0.4, 0.5) is 0 Å². The van der Waals surface area contributed by atoms with Crippen molar-refractivity contribution in [2.24, 2.45) is 11.1 Å². The normalized spacial score (nSPS) is 14.4. The van der Waals surface area contributed by atoms with Crippen molar-refractivity contribution in [2.45, 2.75) is 20.3 Å². The highest BCUT2D eigenvalue weighted by molar-refractivity contribution is 6.03. The molecule has 1 aliphatic heterocycles. The maximum Gasteiger partial charge on any atom is 0.173 e. The van der Waals surface area contributed by atoms with Crippen LogP contribution in [0.5, 0.6) is 5.75 Å². The largest absolute Gasteiger partial charge is 0.492 e. The molecule has 0 atom stereocenters. The zero-order chi connectivity index (χ0) is 11.8. The summed E-state index contributed by atoms with van der Waals surface area (Å²) >= 11 is 0. The van der Waals surface area contributed by atoms with E-state index in [1.54, 1.807) is 0 Å². The van der Waals surface area contributed by atoms with E-state index in [9.17, 15) is 4.79 Å². The number of hydrogen-bond acceptors (Lipinski definition) is 3. The van der Waals surface area contributed by atoms with Gasteiger partial charge in [-0.2, -0.15) is 0 Å². The van der Waals surface area contributed by atoms with Gasteiger partial charge in [-0.3, -0.25) is 4.79 Å². The molecule has 0 aliphatic carbocycles. The number of rotatable bonds is 3. The average molecular weight is 219 g/mol. The molecule has 1 heterocycles. The lowest BCUT2D eigenvalue weighted by Gasteiger charge is -2.21. The van der Waals surface area contributed by atoms with Crippen LogP contribution in [0.2, 0.25) is 0 Å². The smallest absolute Gasteiger partial charge is 0.173 e. The maximum atomic E-state index is 12.3. The topological polar surface area (TPSA) is 52.3 Å². The van der Waals surface area contributed by atoms with E-state index < -0.39 is 5.41 Å². The molecule has 3 nitrogen and oxygen atoms in total. The van der Waals surface area contributed by atoms with Crippen LogP contribution >= 0.6 is 0 Å². The number of fused-ring (bicyclic) bond motifs is 1. The number of ether oxygens (including phenoxy) is 1. The van der Waals surface area contributed by atoms with Crippen molar-refractivity contribution in [1.29, 1.82) is 0 Å². The van der Waals surface area contributed by atoms with E-state index in [1.807, 2.05) is 32.0 Å². The first-order chi connectivity index (χ1) is 7.56. The van der Waals surface area contributed by atoms with E-state index in [-0.39, 0.29) is 5.78 Å². The number of Topliss-reactive ketones (excluding diaryl/α,β-unsaturated/α-hetero) is 1. The van der Waals surface area contributed by atoms with Gasteiger partial charge >= 0.3 is 0 Å². The molecular formula is C13H17NO2. The molecule has 0 saturated carbocycles. The summed E-state index contributed by atoms with van der Waals surface area (Å²) < 4.78 is 5.53. The molecule has 0 spiro atoms. The minimum absolute atomic E-state index is 0.0637. The third-order valence-electron chi connectivity index (χ3n) is 3.08. The van der Waals surface area contributed by atoms with Crippen molar-refractivity contribution >= 4 is 5.78 Å². The van der Waals surface area contributed by atoms with Gasteiger partial charge in [-0.25, -0.2) is 0 Å². The van der Waals surface area contributed by atoms with E-state index in [0.29, 0.717) is 18.7 Å². The molecule has 1 aromatic carbocycles. The van der Waals surface area contributed by atoms with Gasteiger partial charge in [0.2, 0.25) is 0 Å². The molecule has 2 rings (SSSR count). The summed E-state index contributed by atoms with van der Waals surface area (Å²) in [5.74, 6) is 0.822. The quantitative estimate of drug-likeness (QED) is 0.788. The maximum absolute atomic E-state index is 12.3. The Hall–Kier alpha value is -1.35. The number of hydrogen-bond donors (Lipinski definition) is 1. The molecule has 0 bridgehead atoms. The summed E-state index contributed by atoms with van der Waals surface area (Å²) in [4.78, 5) is 12.3. The number of benzene rings is 1. The molecular weight excluding hydrogens is 202 g/mol. The van der Waals surface area contributed by atoms with Crippen molar-refractivity contribution in [1.82, 2.24) is 0 Å². The molecule has 16 heavy (non-hydrogen) atoms. The van der Waals surface area contributed by atoms with Crippen molar-refractivity contribution in [3.63, 3.8) is 0 Å². The van der Waals surface area contributed by atoms with Crippen LogP contribution in [0.25, 0.3) is 0 Å². The average Bonchev–Trinajstić information content (AvgIpc) is 2.75. The number of carbonyl (C=O) groups excluding carboxylic acids is 1. The number of ketones is 1. The molecule has 0 saturated heterocycles. The Morgan fingerprint density at radius 3 is 2.94 bits per heavy atom. The van der Waals surface area contributed by atoms with Gasteiger partial charge in [0.15, 0.2) is 5.78 Å². The second-order valence-electron chi connectivity index (χ2n) is 4.81. The zero-order valence-electron chi connectivity index (χ0n) is 9.75. The van der Waals surface area contributed by atoms with Crippen molar-refractivity contribution in [2.75, 3.05) is 13.2 Å². The van der Waals surface area contributed by atoms with Gasteiger partial charge < -0.3 is 10.5 Å².